The maximum absolute atomic E-state index is 12.1. The maximum Gasteiger partial charge on any atom is 0.274 e. The minimum absolute atomic E-state index is 0.181. The Morgan fingerprint density at radius 1 is 1.10 bits per heavy atom. The van der Waals surface area contributed by atoms with Crippen LogP contribution in [0, 0.1) is 0 Å². The van der Waals surface area contributed by atoms with Crippen LogP contribution in [-0.4, -0.2) is 28.9 Å². The number of hydrogen-bond acceptors (Lipinski definition) is 5. The fraction of sp³-hybridized carbons (Fsp3) is 0.143. The van der Waals surface area contributed by atoms with Crippen LogP contribution in [0.15, 0.2) is 36.7 Å². The van der Waals surface area contributed by atoms with E-state index >= 15 is 0 Å². The van der Waals surface area contributed by atoms with Gasteiger partial charge in [-0.2, -0.15) is 0 Å². The van der Waals surface area contributed by atoms with Gasteiger partial charge < -0.3 is 15.4 Å². The second kappa shape index (κ2) is 6.47. The number of nitrogens with zero attached hydrogens (tertiary/aromatic N) is 2. The second-order valence-corrected chi connectivity index (χ2v) is 4.16. The largest absolute Gasteiger partial charge is 0.481 e. The van der Waals surface area contributed by atoms with Crippen molar-refractivity contribution in [2.45, 2.75) is 6.92 Å². The van der Waals surface area contributed by atoms with Crippen molar-refractivity contribution in [1.29, 1.82) is 0 Å². The van der Waals surface area contributed by atoms with E-state index in [0.717, 1.165) is 0 Å². The van der Waals surface area contributed by atoms with Gasteiger partial charge in [-0.1, -0.05) is 6.07 Å². The Morgan fingerprint density at radius 3 is 2.48 bits per heavy atom. The quantitative estimate of drug-likeness (QED) is 0.892. The van der Waals surface area contributed by atoms with Gasteiger partial charge in [0.25, 0.3) is 5.91 Å². The van der Waals surface area contributed by atoms with Gasteiger partial charge in [-0.05, 0) is 18.2 Å². The highest BCUT2D eigenvalue weighted by Gasteiger charge is 2.09. The zero-order valence-corrected chi connectivity index (χ0v) is 11.6. The van der Waals surface area contributed by atoms with Crippen molar-refractivity contribution in [2.24, 2.45) is 0 Å². The van der Waals surface area contributed by atoms with Gasteiger partial charge >= 0.3 is 0 Å². The first-order valence-corrected chi connectivity index (χ1v) is 6.13. The van der Waals surface area contributed by atoms with Crippen LogP contribution in [0.2, 0.25) is 0 Å². The first-order chi connectivity index (χ1) is 10.1. The van der Waals surface area contributed by atoms with Crippen molar-refractivity contribution in [3.63, 3.8) is 0 Å². The number of hydrogen-bond donors (Lipinski definition) is 2. The third kappa shape index (κ3) is 4.00. The number of nitrogens with one attached hydrogen (secondary N) is 2. The molecule has 7 nitrogen and oxygen atoms in total. The second-order valence-electron chi connectivity index (χ2n) is 4.16. The molecule has 0 bridgehead atoms. The smallest absolute Gasteiger partial charge is 0.274 e. The average Bonchev–Trinajstić information content (AvgIpc) is 2.47. The lowest BCUT2D eigenvalue weighted by atomic mass is 10.2. The Bertz CT molecular complexity index is 673. The molecule has 0 fully saturated rings. The summed E-state index contributed by atoms with van der Waals surface area (Å²) in [6.07, 6.45) is 1.25. The van der Waals surface area contributed by atoms with Crippen LogP contribution in [0.5, 0.6) is 5.88 Å². The summed E-state index contributed by atoms with van der Waals surface area (Å²) in [7, 11) is 1.46. The minimum atomic E-state index is -0.393. The van der Waals surface area contributed by atoms with Crippen LogP contribution in [0.3, 0.4) is 0 Å². The van der Waals surface area contributed by atoms with E-state index in [1.807, 2.05) is 0 Å². The summed E-state index contributed by atoms with van der Waals surface area (Å²) in [6, 6.07) is 8.25. The number of carbonyl (C=O) groups is 2. The van der Waals surface area contributed by atoms with E-state index < -0.39 is 5.91 Å². The van der Waals surface area contributed by atoms with Crippen LogP contribution in [0.25, 0.3) is 0 Å². The third-order valence-corrected chi connectivity index (χ3v) is 2.52. The molecule has 0 saturated carbocycles. The number of anilines is 2. The van der Waals surface area contributed by atoms with Crippen molar-refractivity contribution in [1.82, 2.24) is 9.97 Å². The molecule has 0 spiro atoms. The standard InChI is InChI=1S/C14H14N4O3/c1-9(19)17-10-4-3-5-11(6-10)18-14(20)12-7-13(21-2)16-8-15-12/h3-8H,1-2H3,(H,17,19)(H,18,20). The highest BCUT2D eigenvalue weighted by Crippen LogP contribution is 2.16. The van der Waals surface area contributed by atoms with Gasteiger partial charge in [0.05, 0.1) is 7.11 Å². The van der Waals surface area contributed by atoms with E-state index in [9.17, 15) is 9.59 Å². The van der Waals surface area contributed by atoms with Gasteiger partial charge in [0.1, 0.15) is 12.0 Å². The molecule has 0 aliphatic rings. The summed E-state index contributed by atoms with van der Waals surface area (Å²) >= 11 is 0. The topological polar surface area (TPSA) is 93.2 Å². The van der Waals surface area contributed by atoms with E-state index in [1.165, 1.54) is 26.4 Å². The number of methoxy groups -OCH3 is 1. The van der Waals surface area contributed by atoms with Crippen molar-refractivity contribution >= 4 is 23.2 Å². The number of aromatic nitrogens is 2. The van der Waals surface area contributed by atoms with E-state index in [4.69, 9.17) is 4.74 Å². The summed E-state index contributed by atoms with van der Waals surface area (Å²) < 4.78 is 4.94. The molecule has 2 amide bonds. The van der Waals surface area contributed by atoms with Crippen LogP contribution >= 0.6 is 0 Å². The molecule has 7 heteroatoms. The van der Waals surface area contributed by atoms with E-state index in [-0.39, 0.29) is 11.6 Å². The Kier molecular flexibility index (Phi) is 4.45. The summed E-state index contributed by atoms with van der Waals surface area (Å²) in [4.78, 5) is 30.8. The number of ether oxygens (including phenoxy) is 1. The molecule has 1 heterocycles. The average molecular weight is 286 g/mol. The van der Waals surface area contributed by atoms with Gasteiger partial charge in [-0.3, -0.25) is 9.59 Å². The molecule has 108 valence electrons. The Labute approximate surface area is 121 Å². The molecule has 1 aromatic carbocycles. The summed E-state index contributed by atoms with van der Waals surface area (Å²) in [6.45, 7) is 1.42. The van der Waals surface area contributed by atoms with Gasteiger partial charge in [-0.25, -0.2) is 9.97 Å². The molecule has 1 aromatic heterocycles. The molecule has 2 N–H and O–H groups in total. The first-order valence-electron chi connectivity index (χ1n) is 6.13. The van der Waals surface area contributed by atoms with E-state index in [2.05, 4.69) is 20.6 Å². The van der Waals surface area contributed by atoms with Crippen LogP contribution < -0.4 is 15.4 Å². The van der Waals surface area contributed by atoms with Crippen LogP contribution in [0.4, 0.5) is 11.4 Å². The monoisotopic (exact) mass is 286 g/mol. The zero-order valence-electron chi connectivity index (χ0n) is 11.6. The molecule has 0 aliphatic heterocycles. The Morgan fingerprint density at radius 2 is 1.81 bits per heavy atom. The number of carbonyl (C=O) groups excluding carboxylic acids is 2. The molecule has 0 aliphatic carbocycles. The number of rotatable bonds is 4. The number of benzene rings is 1. The van der Waals surface area contributed by atoms with Crippen LogP contribution in [-0.2, 0) is 4.79 Å². The highest BCUT2D eigenvalue weighted by molar-refractivity contribution is 6.03. The Hall–Kier alpha value is -2.96. The molecule has 0 radical (unpaired) electrons. The summed E-state index contributed by atoms with van der Waals surface area (Å²) in [5, 5.41) is 5.33. The molecule has 2 aromatic rings. The molecular weight excluding hydrogens is 272 g/mol. The van der Waals surface area contributed by atoms with Crippen molar-refractivity contribution in [3.05, 3.63) is 42.4 Å². The summed E-state index contributed by atoms with van der Waals surface area (Å²) in [5.41, 5.74) is 1.33. The maximum atomic E-state index is 12.1. The zero-order chi connectivity index (χ0) is 15.2. The highest BCUT2D eigenvalue weighted by atomic mass is 16.5. The first kappa shape index (κ1) is 14.4. The SMILES string of the molecule is COc1cc(C(=O)Nc2cccc(NC(C)=O)c2)ncn1. The van der Waals surface area contributed by atoms with Gasteiger partial charge in [0, 0.05) is 24.4 Å². The van der Waals surface area contributed by atoms with Gasteiger partial charge in [-0.15, -0.1) is 0 Å². The molecular formula is C14H14N4O3. The molecule has 2 rings (SSSR count). The summed E-state index contributed by atoms with van der Waals surface area (Å²) in [5.74, 6) is -0.267. The normalized spacial score (nSPS) is 9.81. The van der Waals surface area contributed by atoms with Crippen molar-refractivity contribution < 1.29 is 14.3 Å². The molecule has 21 heavy (non-hydrogen) atoms. The van der Waals surface area contributed by atoms with Crippen molar-refractivity contribution in [3.8, 4) is 5.88 Å². The molecule has 0 atom stereocenters. The minimum Gasteiger partial charge on any atom is -0.481 e. The van der Waals surface area contributed by atoms with Crippen molar-refractivity contribution in [2.75, 3.05) is 17.7 Å². The van der Waals surface area contributed by atoms with Crippen LogP contribution in [0.1, 0.15) is 17.4 Å². The predicted molar refractivity (Wildman–Crippen MR) is 77.3 cm³/mol. The third-order valence-electron chi connectivity index (χ3n) is 2.52. The lowest BCUT2D eigenvalue weighted by Crippen LogP contribution is -2.14. The molecule has 0 unspecified atom stereocenters. The lowest BCUT2D eigenvalue weighted by molar-refractivity contribution is -0.114. The Balaban J connectivity index is 2.13. The van der Waals surface area contributed by atoms with E-state index in [1.54, 1.807) is 24.3 Å². The number of amides is 2. The predicted octanol–water partition coefficient (Wildman–Crippen LogP) is 1.70. The van der Waals surface area contributed by atoms with Gasteiger partial charge in [0.15, 0.2) is 0 Å². The fourth-order valence-corrected chi connectivity index (χ4v) is 1.65. The fourth-order valence-electron chi connectivity index (χ4n) is 1.65. The van der Waals surface area contributed by atoms with Gasteiger partial charge in [0.2, 0.25) is 11.8 Å². The van der Waals surface area contributed by atoms with E-state index in [0.29, 0.717) is 17.3 Å². The molecule has 0 saturated heterocycles. The lowest BCUT2D eigenvalue weighted by Gasteiger charge is -2.07.